The molecule has 0 aliphatic carbocycles. The van der Waals surface area contributed by atoms with Gasteiger partial charge in [-0.15, -0.1) is 16.4 Å². The molecule has 0 fully saturated rings. The van der Waals surface area contributed by atoms with Crippen LogP contribution in [-0.4, -0.2) is 15.0 Å². The predicted octanol–water partition coefficient (Wildman–Crippen LogP) is 2.29. The van der Waals surface area contributed by atoms with Crippen LogP contribution in [-0.2, 0) is 13.0 Å². The van der Waals surface area contributed by atoms with Gasteiger partial charge in [-0.3, -0.25) is 0 Å². The number of hydrogen-bond acceptors (Lipinski definition) is 4. The molecule has 0 atom stereocenters. The highest BCUT2D eigenvalue weighted by Gasteiger charge is 2.09. The van der Waals surface area contributed by atoms with E-state index in [2.05, 4.69) is 39.2 Å². The second kappa shape index (κ2) is 4.32. The summed E-state index contributed by atoms with van der Waals surface area (Å²) in [7, 11) is 0. The molecule has 2 rings (SSSR count). The monoisotopic (exact) mass is 286 g/mol. The first-order chi connectivity index (χ1) is 7.20. The summed E-state index contributed by atoms with van der Waals surface area (Å²) in [5.74, 6) is 0.535. The van der Waals surface area contributed by atoms with Gasteiger partial charge in [0.2, 0.25) is 0 Å². The zero-order valence-corrected chi connectivity index (χ0v) is 10.7. The Labute approximate surface area is 100 Å². The number of rotatable bonds is 3. The van der Waals surface area contributed by atoms with Crippen molar-refractivity contribution < 1.29 is 0 Å². The number of nitrogens with two attached hydrogens (primary N) is 1. The van der Waals surface area contributed by atoms with Crippen LogP contribution in [0.3, 0.4) is 0 Å². The van der Waals surface area contributed by atoms with Crippen LogP contribution in [0.15, 0.2) is 15.9 Å². The first-order valence-corrected chi connectivity index (χ1v) is 6.23. The molecule has 0 unspecified atom stereocenters. The molecule has 15 heavy (non-hydrogen) atoms. The lowest BCUT2D eigenvalue weighted by atomic mass is 10.3. The van der Waals surface area contributed by atoms with E-state index < -0.39 is 0 Å². The maximum absolute atomic E-state index is 5.71. The molecule has 2 aromatic rings. The van der Waals surface area contributed by atoms with E-state index in [0.717, 1.165) is 22.4 Å². The van der Waals surface area contributed by atoms with E-state index in [-0.39, 0.29) is 0 Å². The molecule has 0 bridgehead atoms. The average molecular weight is 287 g/mol. The van der Waals surface area contributed by atoms with Crippen molar-refractivity contribution >= 4 is 33.1 Å². The van der Waals surface area contributed by atoms with Crippen LogP contribution < -0.4 is 5.73 Å². The number of thiophene rings is 1. The van der Waals surface area contributed by atoms with Crippen molar-refractivity contribution in [1.29, 1.82) is 0 Å². The van der Waals surface area contributed by atoms with Crippen LogP contribution in [0.5, 0.6) is 0 Å². The predicted molar refractivity (Wildman–Crippen MR) is 64.9 cm³/mol. The van der Waals surface area contributed by atoms with E-state index in [0.29, 0.717) is 5.82 Å². The summed E-state index contributed by atoms with van der Waals surface area (Å²) in [6.45, 7) is 2.79. The van der Waals surface area contributed by atoms with E-state index in [1.165, 1.54) is 4.88 Å². The van der Waals surface area contributed by atoms with Crippen LogP contribution in [0, 0.1) is 0 Å². The van der Waals surface area contributed by atoms with E-state index in [1.807, 2.05) is 10.7 Å². The minimum atomic E-state index is 0.535. The van der Waals surface area contributed by atoms with Gasteiger partial charge in [0.25, 0.3) is 0 Å². The van der Waals surface area contributed by atoms with Crippen LogP contribution in [0.25, 0.3) is 0 Å². The summed E-state index contributed by atoms with van der Waals surface area (Å²) < 4.78 is 2.98. The Hall–Kier alpha value is -0.880. The fourth-order valence-corrected chi connectivity index (χ4v) is 2.89. The summed E-state index contributed by atoms with van der Waals surface area (Å²) in [6.07, 6.45) is 0.853. The Morgan fingerprint density at radius 3 is 2.93 bits per heavy atom. The van der Waals surface area contributed by atoms with Gasteiger partial charge in [-0.2, -0.15) is 0 Å². The fraction of sp³-hybridized carbons (Fsp3) is 0.333. The molecule has 2 heterocycles. The van der Waals surface area contributed by atoms with Gasteiger partial charge in [0, 0.05) is 4.88 Å². The largest absolute Gasteiger partial charge is 0.381 e. The third kappa shape index (κ3) is 2.21. The van der Waals surface area contributed by atoms with E-state index in [1.54, 1.807) is 11.3 Å². The molecule has 0 amide bonds. The zero-order chi connectivity index (χ0) is 10.8. The first-order valence-electron chi connectivity index (χ1n) is 4.62. The highest BCUT2D eigenvalue weighted by atomic mass is 79.9. The average Bonchev–Trinajstić information content (AvgIpc) is 2.75. The highest BCUT2D eigenvalue weighted by molar-refractivity contribution is 9.11. The van der Waals surface area contributed by atoms with E-state index >= 15 is 0 Å². The van der Waals surface area contributed by atoms with E-state index in [9.17, 15) is 0 Å². The number of anilines is 1. The number of halogens is 1. The SMILES string of the molecule is CCc1c(N)nnn1Cc1ccc(Br)s1. The highest BCUT2D eigenvalue weighted by Crippen LogP contribution is 2.23. The fourth-order valence-electron chi connectivity index (χ4n) is 1.42. The van der Waals surface area contributed by atoms with Crippen molar-refractivity contribution in [2.75, 3.05) is 5.73 Å². The Balaban J connectivity index is 2.24. The molecule has 2 aromatic heterocycles. The van der Waals surface area contributed by atoms with Gasteiger partial charge in [0.05, 0.1) is 16.0 Å². The summed E-state index contributed by atoms with van der Waals surface area (Å²) in [5.41, 5.74) is 6.71. The van der Waals surface area contributed by atoms with Crippen molar-refractivity contribution in [3.8, 4) is 0 Å². The third-order valence-electron chi connectivity index (χ3n) is 2.14. The zero-order valence-electron chi connectivity index (χ0n) is 8.27. The van der Waals surface area contributed by atoms with Gasteiger partial charge >= 0.3 is 0 Å². The lowest BCUT2D eigenvalue weighted by Crippen LogP contribution is -2.05. The Morgan fingerprint density at radius 1 is 1.53 bits per heavy atom. The molecule has 0 aliphatic rings. The molecule has 0 saturated heterocycles. The first kappa shape index (κ1) is 10.6. The molecule has 4 nitrogen and oxygen atoms in total. The number of nitrogens with zero attached hydrogens (tertiary/aromatic N) is 3. The van der Waals surface area contributed by atoms with Crippen LogP contribution in [0.4, 0.5) is 5.82 Å². The minimum absolute atomic E-state index is 0.535. The van der Waals surface area contributed by atoms with Crippen LogP contribution in [0.1, 0.15) is 17.5 Å². The maximum Gasteiger partial charge on any atom is 0.169 e. The van der Waals surface area contributed by atoms with Crippen molar-refractivity contribution in [1.82, 2.24) is 15.0 Å². The van der Waals surface area contributed by atoms with Gasteiger partial charge in [-0.05, 0) is 34.5 Å². The lowest BCUT2D eigenvalue weighted by molar-refractivity contribution is 0.627. The van der Waals surface area contributed by atoms with Gasteiger partial charge in [-0.25, -0.2) is 4.68 Å². The number of aromatic nitrogens is 3. The second-order valence-electron chi connectivity index (χ2n) is 3.14. The minimum Gasteiger partial charge on any atom is -0.381 e. The quantitative estimate of drug-likeness (QED) is 0.942. The number of nitrogen functional groups attached to an aromatic ring is 1. The van der Waals surface area contributed by atoms with Gasteiger partial charge in [0.15, 0.2) is 5.82 Å². The summed E-state index contributed by atoms with van der Waals surface area (Å²) >= 11 is 5.13. The lowest BCUT2D eigenvalue weighted by Gasteiger charge is -2.02. The molecule has 6 heteroatoms. The maximum atomic E-state index is 5.71. The molecule has 2 N–H and O–H groups in total. The smallest absolute Gasteiger partial charge is 0.169 e. The third-order valence-corrected chi connectivity index (χ3v) is 3.75. The molecular formula is C9H11BrN4S. The summed E-state index contributed by atoms with van der Waals surface area (Å²) in [4.78, 5) is 1.24. The molecule has 0 saturated carbocycles. The van der Waals surface area contributed by atoms with Crippen molar-refractivity contribution in [2.45, 2.75) is 19.9 Å². The van der Waals surface area contributed by atoms with Gasteiger partial charge in [0.1, 0.15) is 0 Å². The van der Waals surface area contributed by atoms with Crippen LogP contribution in [0.2, 0.25) is 0 Å². The molecule has 0 aliphatic heterocycles. The molecule has 0 spiro atoms. The van der Waals surface area contributed by atoms with Crippen molar-refractivity contribution in [3.05, 3.63) is 26.5 Å². The van der Waals surface area contributed by atoms with E-state index in [4.69, 9.17) is 5.73 Å². The molecule has 0 radical (unpaired) electrons. The normalized spacial score (nSPS) is 10.8. The molecule has 0 aromatic carbocycles. The van der Waals surface area contributed by atoms with Crippen LogP contribution >= 0.6 is 27.3 Å². The standard InChI is InChI=1S/C9H11BrN4S/c1-2-7-9(11)12-13-14(7)5-6-3-4-8(10)15-6/h3-4H,2,5,11H2,1H3. The Kier molecular flexibility index (Phi) is 3.06. The molecule has 80 valence electrons. The summed E-state index contributed by atoms with van der Waals surface area (Å²) in [5, 5.41) is 7.90. The Morgan fingerprint density at radius 2 is 2.33 bits per heavy atom. The Bertz CT molecular complexity index is 462. The van der Waals surface area contributed by atoms with Crippen molar-refractivity contribution in [3.63, 3.8) is 0 Å². The number of hydrogen-bond donors (Lipinski definition) is 1. The van der Waals surface area contributed by atoms with Gasteiger partial charge < -0.3 is 5.73 Å². The topological polar surface area (TPSA) is 56.7 Å². The second-order valence-corrected chi connectivity index (χ2v) is 5.69. The summed E-state index contributed by atoms with van der Waals surface area (Å²) in [6, 6.07) is 4.11. The van der Waals surface area contributed by atoms with Gasteiger partial charge in [-0.1, -0.05) is 12.1 Å². The van der Waals surface area contributed by atoms with Crippen molar-refractivity contribution in [2.24, 2.45) is 0 Å². The molecular weight excluding hydrogens is 276 g/mol.